The van der Waals surface area contributed by atoms with Crippen molar-refractivity contribution in [1.82, 2.24) is 14.9 Å². The van der Waals surface area contributed by atoms with Crippen LogP contribution in [0.5, 0.6) is 5.75 Å². The highest BCUT2D eigenvalue weighted by Crippen LogP contribution is 2.32. The third-order valence-corrected chi connectivity index (χ3v) is 6.20. The second-order valence-corrected chi connectivity index (χ2v) is 8.51. The minimum Gasteiger partial charge on any atom is -0.496 e. The molecule has 1 aromatic heterocycles. The molecule has 1 aromatic carbocycles. The molecule has 1 saturated heterocycles. The highest BCUT2D eigenvalue weighted by Gasteiger charge is 2.25. The average molecular weight is 416 g/mol. The maximum Gasteiger partial charge on any atom is 0.224 e. The largest absolute Gasteiger partial charge is 0.496 e. The van der Waals surface area contributed by atoms with E-state index in [9.17, 15) is 0 Å². The van der Waals surface area contributed by atoms with Gasteiger partial charge in [0.2, 0.25) is 5.28 Å². The molecule has 1 aliphatic heterocycles. The Morgan fingerprint density at radius 3 is 2.72 bits per heavy atom. The standard InChI is InChI=1S/C22H30ClN5O/c1-27(2)19-8-5-9-20(29-3)17(19)14-28-12-10-15(11-13-28)24-21-16-6-4-7-18(16)25-22(23)26-21/h5,8-9,15H,4,6-7,10-14H2,1-3H3,(H,24,25,26). The Morgan fingerprint density at radius 1 is 1.21 bits per heavy atom. The third-order valence-electron chi connectivity index (χ3n) is 6.03. The second kappa shape index (κ2) is 8.76. The van der Waals surface area contributed by atoms with E-state index in [0.717, 1.165) is 69.0 Å². The molecule has 0 unspecified atom stereocenters. The number of benzene rings is 1. The molecule has 1 N–H and O–H groups in total. The smallest absolute Gasteiger partial charge is 0.224 e. The Labute approximate surface area is 178 Å². The number of hydrogen-bond donors (Lipinski definition) is 1. The van der Waals surface area contributed by atoms with Gasteiger partial charge >= 0.3 is 0 Å². The molecule has 2 aromatic rings. The number of nitrogens with one attached hydrogen (secondary N) is 1. The lowest BCUT2D eigenvalue weighted by molar-refractivity contribution is 0.209. The number of halogens is 1. The van der Waals surface area contributed by atoms with Crippen LogP contribution in [-0.2, 0) is 19.4 Å². The van der Waals surface area contributed by atoms with Gasteiger partial charge in [-0.3, -0.25) is 4.90 Å². The van der Waals surface area contributed by atoms with Crippen LogP contribution in [0.4, 0.5) is 11.5 Å². The average Bonchev–Trinajstić information content (AvgIpc) is 3.18. The topological polar surface area (TPSA) is 53.5 Å². The SMILES string of the molecule is COc1cccc(N(C)C)c1CN1CCC(Nc2nc(Cl)nc3c2CCC3)CC1. The van der Waals surface area contributed by atoms with Gasteiger partial charge in [0.05, 0.1) is 12.8 Å². The van der Waals surface area contributed by atoms with Crippen molar-refractivity contribution in [2.45, 2.75) is 44.7 Å². The van der Waals surface area contributed by atoms with E-state index in [-0.39, 0.29) is 0 Å². The Hall–Kier alpha value is -2.05. The van der Waals surface area contributed by atoms with Crippen LogP contribution in [0.2, 0.25) is 5.28 Å². The van der Waals surface area contributed by atoms with E-state index in [2.05, 4.69) is 57.4 Å². The number of ether oxygens (including phenoxy) is 1. The normalized spacial score (nSPS) is 17.2. The zero-order chi connectivity index (χ0) is 20.4. The fourth-order valence-electron chi connectivity index (χ4n) is 4.50. The Morgan fingerprint density at radius 2 is 2.00 bits per heavy atom. The first-order valence-corrected chi connectivity index (χ1v) is 10.8. The highest BCUT2D eigenvalue weighted by atomic mass is 35.5. The molecule has 6 nitrogen and oxygen atoms in total. The molecule has 0 saturated carbocycles. The zero-order valence-electron chi connectivity index (χ0n) is 17.5. The molecule has 0 spiro atoms. The molecule has 1 fully saturated rings. The summed E-state index contributed by atoms with van der Waals surface area (Å²) >= 11 is 6.14. The zero-order valence-corrected chi connectivity index (χ0v) is 18.3. The highest BCUT2D eigenvalue weighted by molar-refractivity contribution is 6.28. The summed E-state index contributed by atoms with van der Waals surface area (Å²) in [5.74, 6) is 1.92. The van der Waals surface area contributed by atoms with Crippen LogP contribution >= 0.6 is 11.6 Å². The Balaban J connectivity index is 1.40. The van der Waals surface area contributed by atoms with Gasteiger partial charge in [-0.1, -0.05) is 6.07 Å². The minimum absolute atomic E-state index is 0.359. The first kappa shape index (κ1) is 20.2. The third kappa shape index (κ3) is 4.43. The molecule has 156 valence electrons. The number of nitrogens with zero attached hydrogens (tertiary/aromatic N) is 4. The van der Waals surface area contributed by atoms with Crippen LogP contribution in [0.3, 0.4) is 0 Å². The number of piperidine rings is 1. The van der Waals surface area contributed by atoms with Crippen LogP contribution in [-0.4, -0.2) is 55.2 Å². The number of anilines is 2. The van der Waals surface area contributed by atoms with Gasteiger partial charge in [0.1, 0.15) is 11.6 Å². The molecule has 29 heavy (non-hydrogen) atoms. The van der Waals surface area contributed by atoms with Crippen LogP contribution in [0.15, 0.2) is 18.2 Å². The lowest BCUT2D eigenvalue weighted by Crippen LogP contribution is -2.39. The lowest BCUT2D eigenvalue weighted by atomic mass is 10.0. The summed E-state index contributed by atoms with van der Waals surface area (Å²) in [7, 11) is 5.92. The second-order valence-electron chi connectivity index (χ2n) is 8.17. The number of aromatic nitrogens is 2. The quantitative estimate of drug-likeness (QED) is 0.725. The number of hydrogen-bond acceptors (Lipinski definition) is 6. The molecule has 4 rings (SSSR count). The first-order valence-electron chi connectivity index (χ1n) is 10.4. The van der Waals surface area contributed by atoms with E-state index >= 15 is 0 Å². The van der Waals surface area contributed by atoms with Gasteiger partial charge in [-0.2, -0.15) is 0 Å². The molecule has 0 radical (unpaired) electrons. The summed E-state index contributed by atoms with van der Waals surface area (Å²) in [4.78, 5) is 13.6. The van der Waals surface area contributed by atoms with Crippen molar-refractivity contribution in [3.05, 3.63) is 40.3 Å². The van der Waals surface area contributed by atoms with Crippen molar-refractivity contribution < 1.29 is 4.74 Å². The molecular formula is C22H30ClN5O. The van der Waals surface area contributed by atoms with Crippen molar-refractivity contribution in [2.75, 3.05) is 44.5 Å². The summed E-state index contributed by atoms with van der Waals surface area (Å²) in [6.07, 6.45) is 5.38. The molecule has 2 aliphatic rings. The number of aryl methyl sites for hydroxylation is 1. The Bertz CT molecular complexity index is 865. The molecule has 0 amide bonds. The number of methoxy groups -OCH3 is 1. The molecule has 1 aliphatic carbocycles. The summed E-state index contributed by atoms with van der Waals surface area (Å²) in [5, 5.41) is 4.02. The monoisotopic (exact) mass is 415 g/mol. The van der Waals surface area contributed by atoms with E-state index in [1.807, 2.05) is 0 Å². The maximum absolute atomic E-state index is 6.14. The molecule has 0 bridgehead atoms. The number of likely N-dealkylation sites (tertiary alicyclic amines) is 1. The number of fused-ring (bicyclic) bond motifs is 1. The minimum atomic E-state index is 0.359. The van der Waals surface area contributed by atoms with Gasteiger partial charge in [0.25, 0.3) is 0 Å². The lowest BCUT2D eigenvalue weighted by Gasteiger charge is -2.34. The van der Waals surface area contributed by atoms with Crippen molar-refractivity contribution in [3.8, 4) is 5.75 Å². The first-order chi connectivity index (χ1) is 14.0. The summed E-state index contributed by atoms with van der Waals surface area (Å²) in [5.41, 5.74) is 4.86. The number of rotatable bonds is 6. The van der Waals surface area contributed by atoms with E-state index in [1.165, 1.54) is 16.8 Å². The van der Waals surface area contributed by atoms with Crippen molar-refractivity contribution in [3.63, 3.8) is 0 Å². The van der Waals surface area contributed by atoms with E-state index in [4.69, 9.17) is 16.3 Å². The molecule has 0 atom stereocenters. The molecule has 7 heteroatoms. The van der Waals surface area contributed by atoms with E-state index in [0.29, 0.717) is 11.3 Å². The maximum atomic E-state index is 6.14. The van der Waals surface area contributed by atoms with Gasteiger partial charge in [-0.25, -0.2) is 9.97 Å². The van der Waals surface area contributed by atoms with Gasteiger partial charge < -0.3 is 15.0 Å². The fraction of sp³-hybridized carbons (Fsp3) is 0.545. The van der Waals surface area contributed by atoms with Gasteiger partial charge in [-0.15, -0.1) is 0 Å². The summed E-state index contributed by atoms with van der Waals surface area (Å²) in [6.45, 7) is 2.99. The van der Waals surface area contributed by atoms with Crippen LogP contribution < -0.4 is 15.0 Å². The Kier molecular flexibility index (Phi) is 6.11. The van der Waals surface area contributed by atoms with Crippen molar-refractivity contribution in [2.24, 2.45) is 0 Å². The van der Waals surface area contributed by atoms with Crippen LogP contribution in [0.25, 0.3) is 0 Å². The van der Waals surface area contributed by atoms with Gasteiger partial charge in [-0.05, 0) is 55.8 Å². The van der Waals surface area contributed by atoms with Gasteiger partial charge in [0, 0.05) is 56.6 Å². The summed E-state index contributed by atoms with van der Waals surface area (Å²) in [6, 6.07) is 6.69. The van der Waals surface area contributed by atoms with Crippen molar-refractivity contribution in [1.29, 1.82) is 0 Å². The van der Waals surface area contributed by atoms with Crippen LogP contribution in [0.1, 0.15) is 36.1 Å². The van der Waals surface area contributed by atoms with E-state index in [1.54, 1.807) is 7.11 Å². The summed E-state index contributed by atoms with van der Waals surface area (Å²) < 4.78 is 5.64. The molecular weight excluding hydrogens is 386 g/mol. The predicted octanol–water partition coefficient (Wildman–Crippen LogP) is 3.77. The van der Waals surface area contributed by atoms with Gasteiger partial charge in [0.15, 0.2) is 0 Å². The van der Waals surface area contributed by atoms with E-state index < -0.39 is 0 Å². The fourth-order valence-corrected chi connectivity index (χ4v) is 4.68. The van der Waals surface area contributed by atoms with Crippen molar-refractivity contribution >= 4 is 23.1 Å². The predicted molar refractivity (Wildman–Crippen MR) is 118 cm³/mol. The van der Waals surface area contributed by atoms with Crippen LogP contribution in [0, 0.1) is 0 Å². The molecule has 2 heterocycles.